The first-order valence-corrected chi connectivity index (χ1v) is 4.19. The zero-order valence-corrected chi connectivity index (χ0v) is 7.13. The van der Waals surface area contributed by atoms with Crippen LogP contribution in [-0.2, 0) is 14.4 Å². The third-order valence-electron chi connectivity index (χ3n) is 2.15. The average molecular weight is 168 g/mol. The van der Waals surface area contributed by atoms with Gasteiger partial charge in [0.1, 0.15) is 11.7 Å². The van der Waals surface area contributed by atoms with Gasteiger partial charge >= 0.3 is 0 Å². The topological polar surface area (TPSA) is 51.2 Å². The normalized spacial score (nSPS) is 20.8. The van der Waals surface area contributed by atoms with Crippen LogP contribution in [0.4, 0.5) is 0 Å². The van der Waals surface area contributed by atoms with Crippen LogP contribution in [0.3, 0.4) is 0 Å². The van der Waals surface area contributed by atoms with Crippen LogP contribution in [0, 0.1) is 5.92 Å². The SMILES string of the molecule is CC(=O)C1C(=O)CCCCC1=O. The van der Waals surface area contributed by atoms with E-state index in [1.807, 2.05) is 0 Å². The fourth-order valence-corrected chi connectivity index (χ4v) is 1.52. The summed E-state index contributed by atoms with van der Waals surface area (Å²) < 4.78 is 0. The lowest BCUT2D eigenvalue weighted by molar-refractivity contribution is -0.138. The number of hydrogen-bond acceptors (Lipinski definition) is 3. The van der Waals surface area contributed by atoms with Crippen LogP contribution in [-0.4, -0.2) is 17.3 Å². The van der Waals surface area contributed by atoms with Gasteiger partial charge in [-0.3, -0.25) is 14.4 Å². The van der Waals surface area contributed by atoms with Crippen molar-refractivity contribution in [2.75, 3.05) is 0 Å². The van der Waals surface area contributed by atoms with E-state index in [1.54, 1.807) is 0 Å². The fourth-order valence-electron chi connectivity index (χ4n) is 1.52. The monoisotopic (exact) mass is 168 g/mol. The Morgan fingerprint density at radius 2 is 1.58 bits per heavy atom. The predicted molar refractivity (Wildman–Crippen MR) is 42.7 cm³/mol. The molecule has 1 aliphatic carbocycles. The van der Waals surface area contributed by atoms with Crippen LogP contribution < -0.4 is 0 Å². The molecule has 1 fully saturated rings. The molecule has 0 atom stereocenters. The Kier molecular flexibility index (Phi) is 2.74. The van der Waals surface area contributed by atoms with E-state index >= 15 is 0 Å². The highest BCUT2D eigenvalue weighted by Gasteiger charge is 2.31. The van der Waals surface area contributed by atoms with Crippen molar-refractivity contribution in [2.45, 2.75) is 32.6 Å². The molecule has 0 aromatic heterocycles. The molecule has 1 saturated carbocycles. The minimum Gasteiger partial charge on any atom is -0.299 e. The Hall–Kier alpha value is -0.990. The number of carbonyl (C=O) groups excluding carboxylic acids is 3. The Bertz CT molecular complexity index is 212. The molecule has 12 heavy (non-hydrogen) atoms. The Balaban J connectivity index is 2.82. The molecule has 0 aromatic rings. The first kappa shape index (κ1) is 9.10. The molecule has 0 heterocycles. The second kappa shape index (κ2) is 3.61. The molecule has 0 N–H and O–H groups in total. The third kappa shape index (κ3) is 1.78. The summed E-state index contributed by atoms with van der Waals surface area (Å²) in [5, 5.41) is 0. The van der Waals surface area contributed by atoms with E-state index in [0.29, 0.717) is 12.8 Å². The van der Waals surface area contributed by atoms with Crippen LogP contribution in [0.15, 0.2) is 0 Å². The molecular weight excluding hydrogens is 156 g/mol. The summed E-state index contributed by atoms with van der Waals surface area (Å²) >= 11 is 0. The Morgan fingerprint density at radius 1 is 1.17 bits per heavy atom. The average Bonchev–Trinajstić information content (AvgIpc) is 2.11. The fraction of sp³-hybridized carbons (Fsp3) is 0.667. The van der Waals surface area contributed by atoms with Crippen LogP contribution in [0.1, 0.15) is 32.6 Å². The molecule has 0 bridgehead atoms. The molecule has 0 saturated heterocycles. The van der Waals surface area contributed by atoms with Crippen molar-refractivity contribution >= 4 is 17.3 Å². The van der Waals surface area contributed by atoms with Crippen molar-refractivity contribution in [1.82, 2.24) is 0 Å². The highest BCUT2D eigenvalue weighted by Crippen LogP contribution is 2.17. The minimum absolute atomic E-state index is 0.190. The van der Waals surface area contributed by atoms with Crippen LogP contribution >= 0.6 is 0 Å². The summed E-state index contributed by atoms with van der Waals surface area (Å²) in [5.74, 6) is -1.62. The molecule has 1 aliphatic rings. The second-order valence-electron chi connectivity index (χ2n) is 3.18. The molecule has 3 nitrogen and oxygen atoms in total. The van der Waals surface area contributed by atoms with Gasteiger partial charge in [0.2, 0.25) is 0 Å². The van der Waals surface area contributed by atoms with Crippen molar-refractivity contribution < 1.29 is 14.4 Å². The van der Waals surface area contributed by atoms with E-state index in [9.17, 15) is 14.4 Å². The maximum Gasteiger partial charge on any atom is 0.150 e. The first-order valence-electron chi connectivity index (χ1n) is 4.19. The van der Waals surface area contributed by atoms with Gasteiger partial charge in [-0.2, -0.15) is 0 Å². The molecule has 66 valence electrons. The first-order chi connectivity index (χ1) is 5.63. The van der Waals surface area contributed by atoms with Crippen LogP contribution in [0.2, 0.25) is 0 Å². The van der Waals surface area contributed by atoms with Gasteiger partial charge in [0.05, 0.1) is 0 Å². The number of Topliss-reactive ketones (excluding diaryl/α,β-unsaturated/α-hetero) is 3. The smallest absolute Gasteiger partial charge is 0.150 e. The van der Waals surface area contributed by atoms with Gasteiger partial charge in [-0.1, -0.05) is 0 Å². The molecule has 0 aromatic carbocycles. The van der Waals surface area contributed by atoms with E-state index in [0.717, 1.165) is 12.8 Å². The molecule has 3 heteroatoms. The van der Waals surface area contributed by atoms with Crippen LogP contribution in [0.5, 0.6) is 0 Å². The molecule has 0 amide bonds. The van der Waals surface area contributed by atoms with Gasteiger partial charge < -0.3 is 0 Å². The van der Waals surface area contributed by atoms with Crippen LogP contribution in [0.25, 0.3) is 0 Å². The number of hydrogen-bond donors (Lipinski definition) is 0. The lowest BCUT2D eigenvalue weighted by Gasteiger charge is -2.05. The molecule has 0 spiro atoms. The summed E-state index contributed by atoms with van der Waals surface area (Å²) in [4.78, 5) is 33.4. The van der Waals surface area contributed by atoms with E-state index in [1.165, 1.54) is 6.92 Å². The van der Waals surface area contributed by atoms with E-state index in [4.69, 9.17) is 0 Å². The van der Waals surface area contributed by atoms with Crippen molar-refractivity contribution in [3.8, 4) is 0 Å². The number of rotatable bonds is 1. The zero-order chi connectivity index (χ0) is 9.14. The van der Waals surface area contributed by atoms with Crippen molar-refractivity contribution in [3.05, 3.63) is 0 Å². The van der Waals surface area contributed by atoms with Gasteiger partial charge in [0, 0.05) is 12.8 Å². The van der Waals surface area contributed by atoms with Crippen molar-refractivity contribution in [2.24, 2.45) is 5.92 Å². The molecule has 1 rings (SSSR count). The molecule has 0 aliphatic heterocycles. The summed E-state index contributed by atoms with van der Waals surface area (Å²) in [6, 6.07) is 0. The highest BCUT2D eigenvalue weighted by atomic mass is 16.2. The van der Waals surface area contributed by atoms with Crippen molar-refractivity contribution in [1.29, 1.82) is 0 Å². The second-order valence-corrected chi connectivity index (χ2v) is 3.18. The summed E-state index contributed by atoms with van der Waals surface area (Å²) in [6.07, 6.45) is 2.26. The molecule has 0 unspecified atom stereocenters. The Labute approximate surface area is 71.1 Å². The van der Waals surface area contributed by atoms with E-state index in [-0.39, 0.29) is 17.3 Å². The molecule has 0 radical (unpaired) electrons. The Morgan fingerprint density at radius 3 is 1.92 bits per heavy atom. The standard InChI is InChI=1S/C9H12O3/c1-6(10)9-7(11)4-2-3-5-8(9)12/h9H,2-5H2,1H3. The third-order valence-corrected chi connectivity index (χ3v) is 2.15. The van der Waals surface area contributed by atoms with Gasteiger partial charge in [-0.05, 0) is 19.8 Å². The molecular formula is C9H12O3. The zero-order valence-electron chi connectivity index (χ0n) is 7.13. The largest absolute Gasteiger partial charge is 0.299 e. The summed E-state index contributed by atoms with van der Waals surface area (Å²) in [6.45, 7) is 1.31. The highest BCUT2D eigenvalue weighted by molar-refractivity contribution is 6.19. The summed E-state index contributed by atoms with van der Waals surface area (Å²) in [7, 11) is 0. The lowest BCUT2D eigenvalue weighted by Crippen LogP contribution is -2.28. The van der Waals surface area contributed by atoms with E-state index < -0.39 is 5.92 Å². The van der Waals surface area contributed by atoms with Crippen molar-refractivity contribution in [3.63, 3.8) is 0 Å². The van der Waals surface area contributed by atoms with E-state index in [2.05, 4.69) is 0 Å². The number of carbonyl (C=O) groups is 3. The minimum atomic E-state index is -0.938. The van der Waals surface area contributed by atoms with Gasteiger partial charge in [-0.15, -0.1) is 0 Å². The summed E-state index contributed by atoms with van der Waals surface area (Å²) in [5.41, 5.74) is 0. The quantitative estimate of drug-likeness (QED) is 0.432. The lowest BCUT2D eigenvalue weighted by atomic mass is 9.94. The van der Waals surface area contributed by atoms with Gasteiger partial charge in [0.25, 0.3) is 0 Å². The maximum atomic E-state index is 11.2. The predicted octanol–water partition coefficient (Wildman–Crippen LogP) is 0.904. The number of ketones is 3. The maximum absolute atomic E-state index is 11.2. The van der Waals surface area contributed by atoms with Gasteiger partial charge in [0.15, 0.2) is 11.6 Å². The van der Waals surface area contributed by atoms with Gasteiger partial charge in [-0.25, -0.2) is 0 Å².